The number of primary amides is 2. The van der Waals surface area contributed by atoms with Crippen LogP contribution in [0.4, 0.5) is 0 Å². The highest BCUT2D eigenvalue weighted by Gasteiger charge is 2.27. The minimum absolute atomic E-state index is 0.0501. The molecule has 0 aliphatic carbocycles. The first kappa shape index (κ1) is 49.3. The van der Waals surface area contributed by atoms with Crippen molar-refractivity contribution >= 4 is 23.6 Å². The molecule has 14 nitrogen and oxygen atoms in total. The van der Waals surface area contributed by atoms with E-state index in [1.54, 1.807) is 0 Å². The molecule has 1 fully saturated rings. The Labute approximate surface area is 252 Å². The average molecular weight is 615 g/mol. The second-order valence-electron chi connectivity index (χ2n) is 8.59. The number of aliphatic hydroxyl groups is 4. The monoisotopic (exact) mass is 614 g/mol. The maximum absolute atomic E-state index is 11.0. The van der Waals surface area contributed by atoms with E-state index in [-0.39, 0.29) is 52.0 Å². The molecule has 0 saturated carbocycles. The van der Waals surface area contributed by atoms with Gasteiger partial charge in [0.1, 0.15) is 19.4 Å². The molecule has 0 bridgehead atoms. The largest absolute Gasteiger partial charge is 0.396 e. The Morgan fingerprint density at radius 1 is 1.00 bits per heavy atom. The van der Waals surface area contributed by atoms with Gasteiger partial charge in [-0.1, -0.05) is 74.1 Å². The van der Waals surface area contributed by atoms with Gasteiger partial charge in [0.05, 0.1) is 38.6 Å². The van der Waals surface area contributed by atoms with E-state index in [1.165, 1.54) is 32.6 Å². The van der Waals surface area contributed by atoms with Gasteiger partial charge < -0.3 is 52.0 Å². The van der Waals surface area contributed by atoms with Crippen molar-refractivity contribution in [3.63, 3.8) is 0 Å². The molecule has 3 unspecified atom stereocenters. The summed E-state index contributed by atoms with van der Waals surface area (Å²) in [6, 6.07) is 0. The lowest BCUT2D eigenvalue weighted by molar-refractivity contribution is -0.136. The van der Waals surface area contributed by atoms with Crippen molar-refractivity contribution in [1.82, 2.24) is 10.6 Å². The zero-order valence-corrected chi connectivity index (χ0v) is 27.2. The van der Waals surface area contributed by atoms with Crippen LogP contribution in [0, 0.1) is 5.92 Å². The minimum Gasteiger partial charge on any atom is -0.396 e. The number of hydrogen-bond acceptors (Lipinski definition) is 10. The number of nitrogens with two attached hydrogens (primary N) is 2. The standard InChI is InChI=1S/C8H15N3O5.C8H18.C6H12O4.C2H5NO.2C2H6/c9-6(13)4-16-5-11-8(15)3-10-7(14)1-2-12;1-4-6-7-8(3)5-2;7-2-6-5(9)1-4(8)3-10-6;1-2(3)4;2*1-2/h12H,1-5H2,(H2,9,13)(H,10,14)(H,11,15);8H,4-7H2,1-3H3;4-9H,1-3H2;1H3,(H2,3,4);2*1-2H3/t;;4?,5?,6-;;;/m..1.../s1. The molecule has 1 rings (SSSR count). The highest BCUT2D eigenvalue weighted by Crippen LogP contribution is 2.13. The second-order valence-corrected chi connectivity index (χ2v) is 8.59. The van der Waals surface area contributed by atoms with Crippen molar-refractivity contribution in [2.45, 2.75) is 112 Å². The van der Waals surface area contributed by atoms with Crippen LogP contribution in [0.5, 0.6) is 0 Å². The van der Waals surface area contributed by atoms with Gasteiger partial charge in [0.15, 0.2) is 0 Å². The molecule has 0 aromatic rings. The van der Waals surface area contributed by atoms with E-state index >= 15 is 0 Å². The number of carbonyl (C=O) groups excluding carboxylic acids is 4. The van der Waals surface area contributed by atoms with Crippen LogP contribution in [0.1, 0.15) is 93.9 Å². The summed E-state index contributed by atoms with van der Waals surface area (Å²) in [4.78, 5) is 41.3. The average Bonchev–Trinajstić information content (AvgIpc) is 2.95. The van der Waals surface area contributed by atoms with Gasteiger partial charge in [-0.3, -0.25) is 19.2 Å². The predicted molar refractivity (Wildman–Crippen MR) is 163 cm³/mol. The van der Waals surface area contributed by atoms with Crippen LogP contribution in [0.2, 0.25) is 0 Å². The summed E-state index contributed by atoms with van der Waals surface area (Å²) in [6.07, 6.45) is 3.96. The SMILES string of the molecule is CC.CC.CC(N)=O.CCCCC(C)CC.NC(=O)COCNC(=O)CNC(=O)CCO.OC[C@H]1OCC(O)CC1O. The maximum atomic E-state index is 11.0. The lowest BCUT2D eigenvalue weighted by Gasteiger charge is -2.29. The van der Waals surface area contributed by atoms with Crippen LogP contribution in [0.25, 0.3) is 0 Å². The summed E-state index contributed by atoms with van der Waals surface area (Å²) >= 11 is 0. The van der Waals surface area contributed by atoms with Crippen LogP contribution in [0.15, 0.2) is 0 Å². The number of amides is 4. The summed E-state index contributed by atoms with van der Waals surface area (Å²) in [7, 11) is 0. The molecule has 254 valence electrons. The third-order valence-electron chi connectivity index (χ3n) is 4.77. The third kappa shape index (κ3) is 44.7. The summed E-state index contributed by atoms with van der Waals surface area (Å²) in [5, 5.41) is 39.6. The second kappa shape index (κ2) is 38.6. The fourth-order valence-corrected chi connectivity index (χ4v) is 2.49. The predicted octanol–water partition coefficient (Wildman–Crippen LogP) is 0.317. The fraction of sp³-hybridized carbons (Fsp3) is 0.857. The Bertz CT molecular complexity index is 623. The van der Waals surface area contributed by atoms with Crippen LogP contribution < -0.4 is 22.1 Å². The lowest BCUT2D eigenvalue weighted by Crippen LogP contribution is -2.42. The molecular formula is C28H62N4O10. The molecule has 1 saturated heterocycles. The first-order chi connectivity index (χ1) is 19.8. The van der Waals surface area contributed by atoms with E-state index in [0.29, 0.717) is 6.42 Å². The quantitative estimate of drug-likeness (QED) is 0.104. The van der Waals surface area contributed by atoms with Crippen molar-refractivity contribution < 1.29 is 49.1 Å². The zero-order chi connectivity index (χ0) is 33.9. The highest BCUT2D eigenvalue weighted by molar-refractivity contribution is 5.84. The number of aliphatic hydroxyl groups excluding tert-OH is 4. The molecule has 42 heavy (non-hydrogen) atoms. The molecular weight excluding hydrogens is 552 g/mol. The summed E-state index contributed by atoms with van der Waals surface area (Å²) in [5.74, 6) is -0.896. The fourth-order valence-electron chi connectivity index (χ4n) is 2.49. The van der Waals surface area contributed by atoms with Crippen molar-refractivity contribution in [3.8, 4) is 0 Å². The van der Waals surface area contributed by atoms with Crippen LogP contribution >= 0.6 is 0 Å². The first-order valence-electron chi connectivity index (χ1n) is 14.7. The van der Waals surface area contributed by atoms with Gasteiger partial charge in [0, 0.05) is 19.8 Å². The molecule has 0 radical (unpaired) electrons. The molecule has 4 amide bonds. The number of nitrogens with one attached hydrogen (secondary N) is 2. The van der Waals surface area contributed by atoms with Crippen LogP contribution in [0.3, 0.4) is 0 Å². The molecule has 14 heteroatoms. The Kier molecular flexibility index (Phi) is 45.4. The Morgan fingerprint density at radius 3 is 1.95 bits per heavy atom. The van der Waals surface area contributed by atoms with E-state index in [2.05, 4.69) is 41.9 Å². The Hall–Kier alpha value is -2.36. The number of carbonyl (C=O) groups is 4. The van der Waals surface area contributed by atoms with Gasteiger partial charge in [-0.05, 0) is 5.92 Å². The number of hydrogen-bond donors (Lipinski definition) is 8. The topological polar surface area (TPSA) is 244 Å². The number of rotatable bonds is 13. The third-order valence-corrected chi connectivity index (χ3v) is 4.77. The van der Waals surface area contributed by atoms with Crippen LogP contribution in [-0.2, 0) is 28.7 Å². The summed E-state index contributed by atoms with van der Waals surface area (Å²) < 4.78 is 9.56. The van der Waals surface area contributed by atoms with E-state index in [4.69, 9.17) is 30.9 Å². The number of ether oxygens (including phenoxy) is 2. The molecule has 1 heterocycles. The smallest absolute Gasteiger partial charge is 0.243 e. The van der Waals surface area contributed by atoms with Gasteiger partial charge in [0.25, 0.3) is 0 Å². The molecule has 0 aromatic carbocycles. The van der Waals surface area contributed by atoms with Gasteiger partial charge in [-0.15, -0.1) is 0 Å². The molecule has 4 atom stereocenters. The summed E-state index contributed by atoms with van der Waals surface area (Å²) in [5.41, 5.74) is 9.26. The Morgan fingerprint density at radius 2 is 1.55 bits per heavy atom. The zero-order valence-electron chi connectivity index (χ0n) is 27.2. The van der Waals surface area contributed by atoms with Crippen LogP contribution in [-0.4, -0.2) is 102 Å². The lowest BCUT2D eigenvalue weighted by atomic mass is 10.0. The van der Waals surface area contributed by atoms with Gasteiger partial charge in [-0.2, -0.15) is 0 Å². The summed E-state index contributed by atoms with van der Waals surface area (Å²) in [6.45, 7) is 15.3. The molecule has 10 N–H and O–H groups in total. The van der Waals surface area contributed by atoms with Gasteiger partial charge >= 0.3 is 0 Å². The normalized spacial score (nSPS) is 17.1. The Balaban J connectivity index is -0.000000151. The molecule has 0 spiro atoms. The van der Waals surface area contributed by atoms with Crippen molar-refractivity contribution in [1.29, 1.82) is 0 Å². The van der Waals surface area contributed by atoms with Gasteiger partial charge in [-0.25, -0.2) is 0 Å². The highest BCUT2D eigenvalue weighted by atomic mass is 16.5. The van der Waals surface area contributed by atoms with E-state index in [9.17, 15) is 19.2 Å². The molecule has 1 aliphatic heterocycles. The molecule has 0 aromatic heterocycles. The van der Waals surface area contributed by atoms with Crippen molar-refractivity contribution in [2.24, 2.45) is 17.4 Å². The number of unbranched alkanes of at least 4 members (excludes halogenated alkanes) is 1. The maximum Gasteiger partial charge on any atom is 0.243 e. The van der Waals surface area contributed by atoms with E-state index in [0.717, 1.165) is 5.92 Å². The van der Waals surface area contributed by atoms with Gasteiger partial charge in [0.2, 0.25) is 23.6 Å². The van der Waals surface area contributed by atoms with Crippen molar-refractivity contribution in [2.75, 3.05) is 39.7 Å². The molecule has 1 aliphatic rings. The van der Waals surface area contributed by atoms with E-state index < -0.39 is 36.0 Å². The van der Waals surface area contributed by atoms with Crippen molar-refractivity contribution in [3.05, 3.63) is 0 Å². The minimum atomic E-state index is -0.728. The van der Waals surface area contributed by atoms with E-state index in [1.807, 2.05) is 27.7 Å². The first-order valence-corrected chi connectivity index (χ1v) is 14.7.